The molecule has 1 fully saturated rings. The molecule has 1 unspecified atom stereocenters. The Bertz CT molecular complexity index is 549. The van der Waals surface area contributed by atoms with Crippen molar-refractivity contribution in [3.63, 3.8) is 0 Å². The highest BCUT2D eigenvalue weighted by molar-refractivity contribution is 5.78. The molecule has 0 radical (unpaired) electrons. The van der Waals surface area contributed by atoms with E-state index in [0.29, 0.717) is 5.92 Å². The SMILES string of the molecule is NC(CC1CCOCC1)c1ccc2ccccc2n1. The largest absolute Gasteiger partial charge is 0.381 e. The molecule has 3 rings (SSSR count). The summed E-state index contributed by atoms with van der Waals surface area (Å²) in [7, 11) is 0. The van der Waals surface area contributed by atoms with E-state index in [9.17, 15) is 0 Å². The second-order valence-electron chi connectivity index (χ2n) is 5.33. The molecule has 1 saturated heterocycles. The van der Waals surface area contributed by atoms with E-state index in [1.165, 1.54) is 5.39 Å². The molecule has 3 heteroatoms. The molecule has 2 heterocycles. The van der Waals surface area contributed by atoms with E-state index < -0.39 is 0 Å². The maximum absolute atomic E-state index is 6.31. The first-order valence-electron chi connectivity index (χ1n) is 7.02. The molecular formula is C16H20N2O. The van der Waals surface area contributed by atoms with E-state index in [0.717, 1.165) is 43.7 Å². The van der Waals surface area contributed by atoms with Crippen LogP contribution in [-0.4, -0.2) is 18.2 Å². The lowest BCUT2D eigenvalue weighted by atomic mass is 9.91. The Hall–Kier alpha value is -1.45. The normalized spacial score (nSPS) is 18.6. The second-order valence-corrected chi connectivity index (χ2v) is 5.33. The number of nitrogens with zero attached hydrogens (tertiary/aromatic N) is 1. The van der Waals surface area contributed by atoms with Crippen LogP contribution in [0.1, 0.15) is 31.0 Å². The monoisotopic (exact) mass is 256 g/mol. The summed E-state index contributed by atoms with van der Waals surface area (Å²) in [6.07, 6.45) is 3.26. The molecule has 1 atom stereocenters. The van der Waals surface area contributed by atoms with Crippen molar-refractivity contribution in [1.82, 2.24) is 4.98 Å². The Labute approximate surface area is 113 Å². The molecule has 3 nitrogen and oxygen atoms in total. The summed E-state index contributed by atoms with van der Waals surface area (Å²) in [5, 5.41) is 1.17. The van der Waals surface area contributed by atoms with Crippen molar-refractivity contribution in [3.8, 4) is 0 Å². The molecular weight excluding hydrogens is 236 g/mol. The molecule has 0 saturated carbocycles. The maximum atomic E-state index is 6.31. The van der Waals surface area contributed by atoms with Gasteiger partial charge in [-0.25, -0.2) is 0 Å². The molecule has 2 aromatic rings. The van der Waals surface area contributed by atoms with Crippen molar-refractivity contribution in [3.05, 3.63) is 42.1 Å². The van der Waals surface area contributed by atoms with Gasteiger partial charge in [0.25, 0.3) is 0 Å². The molecule has 19 heavy (non-hydrogen) atoms. The lowest BCUT2D eigenvalue weighted by Crippen LogP contribution is -2.22. The van der Waals surface area contributed by atoms with Gasteiger partial charge in [-0.05, 0) is 37.3 Å². The van der Waals surface area contributed by atoms with E-state index in [1.807, 2.05) is 18.2 Å². The van der Waals surface area contributed by atoms with Crippen molar-refractivity contribution >= 4 is 10.9 Å². The van der Waals surface area contributed by atoms with Crippen LogP contribution in [0.5, 0.6) is 0 Å². The maximum Gasteiger partial charge on any atom is 0.0706 e. The van der Waals surface area contributed by atoms with E-state index in [2.05, 4.69) is 23.2 Å². The average Bonchev–Trinajstić information content (AvgIpc) is 2.48. The summed E-state index contributed by atoms with van der Waals surface area (Å²) >= 11 is 0. The summed E-state index contributed by atoms with van der Waals surface area (Å²) in [5.74, 6) is 0.678. The Morgan fingerprint density at radius 3 is 2.79 bits per heavy atom. The van der Waals surface area contributed by atoms with Gasteiger partial charge in [-0.3, -0.25) is 4.98 Å². The lowest BCUT2D eigenvalue weighted by Gasteiger charge is -2.24. The predicted molar refractivity (Wildman–Crippen MR) is 76.8 cm³/mol. The van der Waals surface area contributed by atoms with Crippen LogP contribution in [0.15, 0.2) is 36.4 Å². The van der Waals surface area contributed by atoms with E-state index >= 15 is 0 Å². The zero-order valence-electron chi connectivity index (χ0n) is 11.1. The number of rotatable bonds is 3. The highest BCUT2D eigenvalue weighted by Gasteiger charge is 2.18. The number of benzene rings is 1. The third-order valence-corrected chi connectivity index (χ3v) is 3.93. The molecule has 0 bridgehead atoms. The standard InChI is InChI=1S/C16H20N2O/c17-14(11-12-7-9-19-10-8-12)16-6-5-13-3-1-2-4-15(13)18-16/h1-6,12,14H,7-11,17H2. The van der Waals surface area contributed by atoms with Gasteiger partial charge in [0.1, 0.15) is 0 Å². The number of hydrogen-bond acceptors (Lipinski definition) is 3. The highest BCUT2D eigenvalue weighted by Crippen LogP contribution is 2.26. The fraction of sp³-hybridized carbons (Fsp3) is 0.438. The van der Waals surface area contributed by atoms with Gasteiger partial charge in [0, 0.05) is 24.6 Å². The van der Waals surface area contributed by atoms with Gasteiger partial charge in [0.2, 0.25) is 0 Å². The summed E-state index contributed by atoms with van der Waals surface area (Å²) in [5.41, 5.74) is 8.35. The number of fused-ring (bicyclic) bond motifs is 1. The molecule has 1 aromatic heterocycles. The molecule has 2 N–H and O–H groups in total. The Morgan fingerprint density at radius 2 is 1.95 bits per heavy atom. The molecule has 1 aliphatic rings. The Kier molecular flexibility index (Phi) is 3.76. The van der Waals surface area contributed by atoms with Crippen LogP contribution >= 0.6 is 0 Å². The van der Waals surface area contributed by atoms with Crippen molar-refractivity contribution in [2.75, 3.05) is 13.2 Å². The van der Waals surface area contributed by atoms with Gasteiger partial charge in [-0.15, -0.1) is 0 Å². The van der Waals surface area contributed by atoms with Crippen LogP contribution in [0.25, 0.3) is 10.9 Å². The zero-order chi connectivity index (χ0) is 13.1. The smallest absolute Gasteiger partial charge is 0.0706 e. The topological polar surface area (TPSA) is 48.1 Å². The first kappa shape index (κ1) is 12.6. The van der Waals surface area contributed by atoms with Gasteiger partial charge in [0.15, 0.2) is 0 Å². The van der Waals surface area contributed by atoms with Crippen molar-refractivity contribution < 1.29 is 4.74 Å². The minimum absolute atomic E-state index is 0.0349. The number of nitrogens with two attached hydrogens (primary N) is 1. The van der Waals surface area contributed by atoms with Gasteiger partial charge < -0.3 is 10.5 Å². The fourth-order valence-electron chi connectivity index (χ4n) is 2.75. The number of aromatic nitrogens is 1. The summed E-state index contributed by atoms with van der Waals surface area (Å²) in [6, 6.07) is 12.4. The Morgan fingerprint density at radius 1 is 1.16 bits per heavy atom. The molecule has 1 aliphatic heterocycles. The van der Waals surface area contributed by atoms with Crippen LogP contribution in [0.4, 0.5) is 0 Å². The van der Waals surface area contributed by atoms with Gasteiger partial charge >= 0.3 is 0 Å². The summed E-state index contributed by atoms with van der Waals surface area (Å²) < 4.78 is 5.39. The predicted octanol–water partition coefficient (Wildman–Crippen LogP) is 3.05. The Balaban J connectivity index is 1.75. The van der Waals surface area contributed by atoms with Gasteiger partial charge in [-0.1, -0.05) is 24.3 Å². The fourth-order valence-corrected chi connectivity index (χ4v) is 2.75. The number of para-hydroxylation sites is 1. The first-order chi connectivity index (χ1) is 9.33. The van der Waals surface area contributed by atoms with Crippen LogP contribution in [0.2, 0.25) is 0 Å². The third-order valence-electron chi connectivity index (χ3n) is 3.93. The van der Waals surface area contributed by atoms with E-state index in [4.69, 9.17) is 10.5 Å². The number of ether oxygens (including phenoxy) is 1. The molecule has 0 amide bonds. The molecule has 0 aliphatic carbocycles. The van der Waals surface area contributed by atoms with Crippen molar-refractivity contribution in [1.29, 1.82) is 0 Å². The van der Waals surface area contributed by atoms with Crippen LogP contribution in [0.3, 0.4) is 0 Å². The van der Waals surface area contributed by atoms with E-state index in [1.54, 1.807) is 0 Å². The minimum atomic E-state index is 0.0349. The molecule has 0 spiro atoms. The summed E-state index contributed by atoms with van der Waals surface area (Å²) in [4.78, 5) is 4.68. The van der Waals surface area contributed by atoms with Crippen molar-refractivity contribution in [2.24, 2.45) is 11.7 Å². The number of hydrogen-bond donors (Lipinski definition) is 1. The van der Waals surface area contributed by atoms with Crippen LogP contribution < -0.4 is 5.73 Å². The van der Waals surface area contributed by atoms with Gasteiger partial charge in [-0.2, -0.15) is 0 Å². The highest BCUT2D eigenvalue weighted by atomic mass is 16.5. The molecule has 100 valence electrons. The van der Waals surface area contributed by atoms with Crippen LogP contribution in [0, 0.1) is 5.92 Å². The van der Waals surface area contributed by atoms with E-state index in [-0.39, 0.29) is 6.04 Å². The lowest BCUT2D eigenvalue weighted by molar-refractivity contribution is 0.0617. The average molecular weight is 256 g/mol. The van der Waals surface area contributed by atoms with Crippen molar-refractivity contribution in [2.45, 2.75) is 25.3 Å². The quantitative estimate of drug-likeness (QED) is 0.918. The summed E-state index contributed by atoms with van der Waals surface area (Å²) in [6.45, 7) is 1.76. The number of pyridine rings is 1. The first-order valence-corrected chi connectivity index (χ1v) is 7.02. The molecule has 1 aromatic carbocycles. The van der Waals surface area contributed by atoms with Gasteiger partial charge in [0.05, 0.1) is 11.2 Å². The minimum Gasteiger partial charge on any atom is -0.381 e. The zero-order valence-corrected chi connectivity index (χ0v) is 11.1. The third kappa shape index (κ3) is 2.94. The second kappa shape index (κ2) is 5.68. The van der Waals surface area contributed by atoms with Crippen LogP contribution in [-0.2, 0) is 4.74 Å².